The van der Waals surface area contributed by atoms with Gasteiger partial charge in [-0.05, 0) is 49.8 Å². The van der Waals surface area contributed by atoms with Gasteiger partial charge in [0.1, 0.15) is 5.75 Å². The second-order valence-corrected chi connectivity index (χ2v) is 9.12. The van der Waals surface area contributed by atoms with Crippen molar-refractivity contribution in [2.75, 3.05) is 53.0 Å². The largest absolute Gasteiger partial charge is 0.493 e. The third-order valence-electron chi connectivity index (χ3n) is 7.05. The number of nitrogens with one attached hydrogen (secondary N) is 1. The summed E-state index contributed by atoms with van der Waals surface area (Å²) in [6.45, 7) is 5.36. The van der Waals surface area contributed by atoms with Gasteiger partial charge in [0.25, 0.3) is 0 Å². The molecule has 3 aliphatic rings. The molecule has 31 heavy (non-hydrogen) atoms. The van der Waals surface area contributed by atoms with Crippen molar-refractivity contribution in [3.05, 3.63) is 30.3 Å². The van der Waals surface area contributed by atoms with Crippen molar-refractivity contribution in [2.24, 2.45) is 17.8 Å². The monoisotopic (exact) mass is 429 g/mol. The van der Waals surface area contributed by atoms with Crippen molar-refractivity contribution in [3.8, 4) is 5.75 Å². The van der Waals surface area contributed by atoms with E-state index in [9.17, 15) is 9.59 Å². The molecule has 1 saturated carbocycles. The van der Waals surface area contributed by atoms with Crippen LogP contribution in [-0.4, -0.2) is 80.7 Å². The lowest BCUT2D eigenvalue weighted by Gasteiger charge is -2.39. The summed E-state index contributed by atoms with van der Waals surface area (Å²) in [6, 6.07) is 9.76. The number of amides is 2. The molecule has 2 unspecified atom stereocenters. The predicted octanol–water partition coefficient (Wildman–Crippen LogP) is 1.78. The van der Waals surface area contributed by atoms with Crippen molar-refractivity contribution in [1.82, 2.24) is 15.1 Å². The van der Waals surface area contributed by atoms with Crippen LogP contribution >= 0.6 is 0 Å². The van der Waals surface area contributed by atoms with E-state index in [0.29, 0.717) is 37.4 Å². The number of methoxy groups -OCH3 is 1. The maximum atomic E-state index is 13.1. The van der Waals surface area contributed by atoms with Crippen LogP contribution in [0.25, 0.3) is 0 Å². The SMILES string of the molecule is COCCN1CCC(C(=O)N2C[C@H]3CC[C@@H](C2)C3NC(=O)CCOc2ccccc2)C1. The number of ether oxygens (including phenoxy) is 2. The van der Waals surface area contributed by atoms with Gasteiger partial charge < -0.3 is 24.6 Å². The van der Waals surface area contributed by atoms with E-state index >= 15 is 0 Å². The van der Waals surface area contributed by atoms with Crippen LogP contribution in [0.15, 0.2) is 30.3 Å². The number of hydrogen-bond acceptors (Lipinski definition) is 5. The zero-order valence-electron chi connectivity index (χ0n) is 18.5. The lowest BCUT2D eigenvalue weighted by molar-refractivity contribution is -0.138. The lowest BCUT2D eigenvalue weighted by atomic mass is 9.91. The van der Waals surface area contributed by atoms with Crippen molar-refractivity contribution in [1.29, 1.82) is 0 Å². The molecule has 7 heteroatoms. The fourth-order valence-corrected chi connectivity index (χ4v) is 5.39. The smallest absolute Gasteiger partial charge is 0.227 e. The van der Waals surface area contributed by atoms with E-state index in [4.69, 9.17) is 9.47 Å². The van der Waals surface area contributed by atoms with Crippen LogP contribution in [0.5, 0.6) is 5.75 Å². The van der Waals surface area contributed by atoms with Crippen LogP contribution < -0.4 is 10.1 Å². The van der Waals surface area contributed by atoms with Gasteiger partial charge in [-0.2, -0.15) is 0 Å². The Balaban J connectivity index is 1.22. The van der Waals surface area contributed by atoms with E-state index in [-0.39, 0.29) is 17.9 Å². The van der Waals surface area contributed by atoms with Gasteiger partial charge >= 0.3 is 0 Å². The number of benzene rings is 1. The average molecular weight is 430 g/mol. The molecule has 4 rings (SSSR count). The summed E-state index contributed by atoms with van der Waals surface area (Å²) in [5.74, 6) is 1.98. The summed E-state index contributed by atoms with van der Waals surface area (Å²) in [4.78, 5) is 30.0. The number of fused-ring (bicyclic) bond motifs is 2. The third-order valence-corrected chi connectivity index (χ3v) is 7.05. The summed E-state index contributed by atoms with van der Waals surface area (Å²) in [5, 5.41) is 3.25. The molecule has 0 spiro atoms. The number of piperidine rings is 1. The minimum atomic E-state index is 0.0437. The van der Waals surface area contributed by atoms with Crippen molar-refractivity contribution >= 4 is 11.8 Å². The zero-order valence-corrected chi connectivity index (χ0v) is 18.5. The highest BCUT2D eigenvalue weighted by atomic mass is 16.5. The number of rotatable bonds is 9. The maximum absolute atomic E-state index is 13.1. The van der Waals surface area contributed by atoms with Gasteiger partial charge in [0, 0.05) is 39.3 Å². The maximum Gasteiger partial charge on any atom is 0.227 e. The quantitative estimate of drug-likeness (QED) is 0.648. The molecule has 2 aliphatic heterocycles. The Hall–Kier alpha value is -2.12. The van der Waals surface area contributed by atoms with E-state index in [2.05, 4.69) is 15.1 Å². The summed E-state index contributed by atoms with van der Waals surface area (Å²) < 4.78 is 10.8. The van der Waals surface area contributed by atoms with E-state index in [1.54, 1.807) is 7.11 Å². The molecule has 1 aliphatic carbocycles. The molecule has 0 radical (unpaired) electrons. The van der Waals surface area contributed by atoms with E-state index < -0.39 is 0 Å². The second kappa shape index (κ2) is 10.5. The Morgan fingerprint density at radius 3 is 2.48 bits per heavy atom. The molecule has 2 heterocycles. The van der Waals surface area contributed by atoms with Crippen LogP contribution in [-0.2, 0) is 14.3 Å². The highest BCUT2D eigenvalue weighted by molar-refractivity contribution is 5.80. The van der Waals surface area contributed by atoms with Gasteiger partial charge in [0.15, 0.2) is 0 Å². The molecule has 2 bridgehead atoms. The second-order valence-electron chi connectivity index (χ2n) is 9.12. The fourth-order valence-electron chi connectivity index (χ4n) is 5.39. The lowest BCUT2D eigenvalue weighted by Crippen LogP contribution is -2.55. The first-order chi connectivity index (χ1) is 15.1. The van der Waals surface area contributed by atoms with Crippen molar-refractivity contribution in [2.45, 2.75) is 31.7 Å². The van der Waals surface area contributed by atoms with Crippen LogP contribution in [0, 0.1) is 17.8 Å². The van der Waals surface area contributed by atoms with Gasteiger partial charge in [-0.15, -0.1) is 0 Å². The van der Waals surface area contributed by atoms with Gasteiger partial charge in [-0.25, -0.2) is 0 Å². The topological polar surface area (TPSA) is 71.1 Å². The number of carbonyl (C=O) groups excluding carboxylic acids is 2. The molecule has 0 aromatic heterocycles. The Morgan fingerprint density at radius 2 is 1.77 bits per heavy atom. The zero-order chi connectivity index (χ0) is 21.6. The molecule has 7 nitrogen and oxygen atoms in total. The predicted molar refractivity (Wildman–Crippen MR) is 118 cm³/mol. The number of likely N-dealkylation sites (tertiary alicyclic amines) is 2. The minimum Gasteiger partial charge on any atom is -0.493 e. The first-order valence-electron chi connectivity index (χ1n) is 11.6. The van der Waals surface area contributed by atoms with Gasteiger partial charge in [-0.3, -0.25) is 9.59 Å². The molecule has 3 fully saturated rings. The molecule has 170 valence electrons. The van der Waals surface area contributed by atoms with E-state index in [1.165, 1.54) is 0 Å². The summed E-state index contributed by atoms with van der Waals surface area (Å²) >= 11 is 0. The number of hydrogen-bond donors (Lipinski definition) is 1. The Bertz CT molecular complexity index is 730. The molecule has 1 aromatic rings. The summed E-state index contributed by atoms with van der Waals surface area (Å²) in [7, 11) is 1.72. The van der Waals surface area contributed by atoms with E-state index in [0.717, 1.165) is 57.7 Å². The summed E-state index contributed by atoms with van der Waals surface area (Å²) in [5.41, 5.74) is 0. The Kier molecular flexibility index (Phi) is 7.45. The number of nitrogens with zero attached hydrogens (tertiary/aromatic N) is 2. The Labute approximate surface area is 185 Å². The molecule has 4 atom stereocenters. The highest BCUT2D eigenvalue weighted by Crippen LogP contribution is 2.38. The first-order valence-corrected chi connectivity index (χ1v) is 11.6. The van der Waals surface area contributed by atoms with E-state index in [1.807, 2.05) is 30.3 Å². The molecule has 1 N–H and O–H groups in total. The van der Waals surface area contributed by atoms with Crippen molar-refractivity contribution < 1.29 is 19.1 Å². The highest BCUT2D eigenvalue weighted by Gasteiger charge is 2.45. The number of para-hydroxylation sites is 1. The molecular weight excluding hydrogens is 394 g/mol. The van der Waals surface area contributed by atoms with Crippen molar-refractivity contribution in [3.63, 3.8) is 0 Å². The normalized spacial score (nSPS) is 28.0. The van der Waals surface area contributed by atoms with Gasteiger partial charge in [0.05, 0.1) is 25.6 Å². The minimum absolute atomic E-state index is 0.0437. The van der Waals surface area contributed by atoms with Crippen LogP contribution in [0.4, 0.5) is 0 Å². The standard InChI is InChI=1S/C24H35N3O4/c1-30-14-12-26-11-9-20(15-26)24(29)27-16-18-7-8-19(17-27)23(18)25-22(28)10-13-31-21-5-3-2-4-6-21/h2-6,18-20,23H,7-17H2,1H3,(H,25,28)/t18-,19+,20?,23?. The molecule has 2 amide bonds. The van der Waals surface area contributed by atoms with Gasteiger partial charge in [0.2, 0.25) is 11.8 Å². The molecule has 2 saturated heterocycles. The van der Waals surface area contributed by atoms with Crippen LogP contribution in [0.3, 0.4) is 0 Å². The molecule has 1 aromatic carbocycles. The van der Waals surface area contributed by atoms with Crippen LogP contribution in [0.2, 0.25) is 0 Å². The third kappa shape index (κ3) is 5.57. The average Bonchev–Trinajstić information content (AvgIpc) is 3.33. The number of carbonyl (C=O) groups is 2. The fraction of sp³-hybridized carbons (Fsp3) is 0.667. The first kappa shape index (κ1) is 22.1. The Morgan fingerprint density at radius 1 is 1.03 bits per heavy atom. The van der Waals surface area contributed by atoms with Gasteiger partial charge in [-0.1, -0.05) is 18.2 Å². The summed E-state index contributed by atoms with van der Waals surface area (Å²) in [6.07, 6.45) is 3.47. The van der Waals surface area contributed by atoms with Crippen LogP contribution in [0.1, 0.15) is 25.7 Å². The molecular formula is C24H35N3O4.